The van der Waals surface area contributed by atoms with Gasteiger partial charge in [0.15, 0.2) is 0 Å². The molecule has 0 spiro atoms. The number of esters is 1. The summed E-state index contributed by atoms with van der Waals surface area (Å²) >= 11 is 6.18. The first-order valence-electron chi connectivity index (χ1n) is 10.8. The highest BCUT2D eigenvalue weighted by Gasteiger charge is 2.40. The maximum atomic E-state index is 13.2. The maximum Gasteiger partial charge on any atom is 0.336 e. The lowest BCUT2D eigenvalue weighted by Crippen LogP contribution is -2.39. The number of nitrogens with one attached hydrogen (secondary N) is 1. The van der Waals surface area contributed by atoms with Gasteiger partial charge in [0.05, 0.1) is 17.7 Å². The summed E-state index contributed by atoms with van der Waals surface area (Å²) in [6, 6.07) is 0. The smallest absolute Gasteiger partial charge is 0.336 e. The largest absolute Gasteiger partial charge is 0.457 e. The van der Waals surface area contributed by atoms with Crippen molar-refractivity contribution in [1.82, 2.24) is 5.32 Å². The highest BCUT2D eigenvalue weighted by molar-refractivity contribution is 6.30. The summed E-state index contributed by atoms with van der Waals surface area (Å²) in [6.07, 6.45) is 6.96. The number of carbonyl (C=O) groups is 2. The molecule has 2 aliphatic rings. The second-order valence-corrected chi connectivity index (χ2v) is 10.1. The van der Waals surface area contributed by atoms with Crippen molar-refractivity contribution in [3.63, 3.8) is 0 Å². The normalized spacial score (nSPS) is 23.9. The van der Waals surface area contributed by atoms with Crippen LogP contribution in [-0.2, 0) is 14.3 Å². The van der Waals surface area contributed by atoms with E-state index < -0.39 is 27.9 Å². The minimum Gasteiger partial charge on any atom is -0.457 e. The molecule has 2 rings (SSSR count). The van der Waals surface area contributed by atoms with Crippen LogP contribution in [0.4, 0.5) is 0 Å². The third kappa shape index (κ3) is 6.57. The molecule has 0 saturated carbocycles. The lowest BCUT2D eigenvalue weighted by Gasteiger charge is -2.28. The average molecular weight is 478 g/mol. The van der Waals surface area contributed by atoms with Crippen molar-refractivity contribution in [1.29, 1.82) is 0 Å². The molecular formula is C24H32ClN3O5. The highest BCUT2D eigenvalue weighted by Crippen LogP contribution is 2.34. The van der Waals surface area contributed by atoms with E-state index in [4.69, 9.17) is 22.1 Å². The Hall–Kier alpha value is -2.87. The van der Waals surface area contributed by atoms with Gasteiger partial charge < -0.3 is 15.8 Å². The fourth-order valence-corrected chi connectivity index (χ4v) is 3.98. The molecule has 33 heavy (non-hydrogen) atoms. The number of ether oxygens (including phenoxy) is 1. The van der Waals surface area contributed by atoms with E-state index in [1.54, 1.807) is 39.8 Å². The van der Waals surface area contributed by atoms with Crippen molar-refractivity contribution in [2.45, 2.75) is 71.9 Å². The van der Waals surface area contributed by atoms with Crippen LogP contribution in [0, 0.1) is 16.0 Å². The fraction of sp³-hybridized carbons (Fsp3) is 0.500. The summed E-state index contributed by atoms with van der Waals surface area (Å²) in [7, 11) is 0. The van der Waals surface area contributed by atoms with E-state index in [9.17, 15) is 19.7 Å². The lowest BCUT2D eigenvalue weighted by atomic mass is 9.84. The van der Waals surface area contributed by atoms with Crippen molar-refractivity contribution in [2.75, 3.05) is 0 Å². The van der Waals surface area contributed by atoms with Crippen molar-refractivity contribution in [2.24, 2.45) is 11.7 Å². The number of allylic oxidation sites excluding steroid dienone is 4. The molecule has 0 fully saturated rings. The van der Waals surface area contributed by atoms with Crippen LogP contribution in [0.3, 0.4) is 0 Å². The lowest BCUT2D eigenvalue weighted by molar-refractivity contribution is -0.550. The molecule has 2 atom stereocenters. The van der Waals surface area contributed by atoms with Gasteiger partial charge in [-0.3, -0.25) is 14.9 Å². The number of nitrogens with zero attached hydrogens (tertiary/aromatic N) is 1. The van der Waals surface area contributed by atoms with Gasteiger partial charge in [-0.2, -0.15) is 0 Å². The Labute approximate surface area is 199 Å². The van der Waals surface area contributed by atoms with Crippen LogP contribution in [0.2, 0.25) is 0 Å². The number of amides is 1. The minimum absolute atomic E-state index is 0.0619. The maximum absolute atomic E-state index is 13.2. The first-order chi connectivity index (χ1) is 15.2. The van der Waals surface area contributed by atoms with Gasteiger partial charge in [0.2, 0.25) is 5.54 Å². The zero-order valence-electron chi connectivity index (χ0n) is 20.0. The molecule has 0 aromatic heterocycles. The summed E-state index contributed by atoms with van der Waals surface area (Å²) < 4.78 is 5.55. The first kappa shape index (κ1) is 26.4. The Bertz CT molecular complexity index is 1010. The molecule has 1 amide bonds. The number of hydrogen-bond acceptors (Lipinski definition) is 6. The van der Waals surface area contributed by atoms with Gasteiger partial charge in [-0.15, -0.1) is 0 Å². The molecule has 0 heterocycles. The zero-order valence-corrected chi connectivity index (χ0v) is 20.7. The summed E-state index contributed by atoms with van der Waals surface area (Å²) in [5.74, 6) is -1.05. The predicted molar refractivity (Wildman–Crippen MR) is 127 cm³/mol. The van der Waals surface area contributed by atoms with Gasteiger partial charge in [-0.1, -0.05) is 31.5 Å². The molecule has 0 aromatic carbocycles. The Morgan fingerprint density at radius 2 is 2.03 bits per heavy atom. The Kier molecular flexibility index (Phi) is 7.96. The van der Waals surface area contributed by atoms with E-state index >= 15 is 0 Å². The van der Waals surface area contributed by atoms with Gasteiger partial charge >= 0.3 is 5.97 Å². The van der Waals surface area contributed by atoms with E-state index in [2.05, 4.69) is 5.32 Å². The Morgan fingerprint density at radius 1 is 1.39 bits per heavy atom. The van der Waals surface area contributed by atoms with Crippen molar-refractivity contribution >= 4 is 23.5 Å². The molecule has 2 unspecified atom stereocenters. The number of nitrogens with two attached hydrogens (primary N) is 1. The van der Waals surface area contributed by atoms with E-state index in [0.29, 0.717) is 22.6 Å². The summed E-state index contributed by atoms with van der Waals surface area (Å²) in [5.41, 5.74) is 5.20. The number of nitro groups is 1. The van der Waals surface area contributed by atoms with Crippen molar-refractivity contribution < 1.29 is 19.2 Å². The standard InChI is InChI=1S/C24H32ClN3O5/c1-7-17(22(30)33-23(3,4)5)20(18-13-24(6,28(31)32)9-8-19(18)26)27-21(29)15-10-14(2)11-16(25)12-15/h8-10,12,14H,7,11,13,26H2,1-6H3,(H,27,29)/b20-17+. The van der Waals surface area contributed by atoms with Crippen LogP contribution in [0.5, 0.6) is 0 Å². The summed E-state index contributed by atoms with van der Waals surface area (Å²) in [5, 5.41) is 15.1. The number of hydrogen-bond donors (Lipinski definition) is 2. The monoisotopic (exact) mass is 477 g/mol. The molecule has 0 bridgehead atoms. The molecule has 0 aromatic rings. The van der Waals surface area contributed by atoms with Gasteiger partial charge in [0.1, 0.15) is 5.60 Å². The highest BCUT2D eigenvalue weighted by atomic mass is 35.5. The van der Waals surface area contributed by atoms with Crippen LogP contribution in [0.1, 0.15) is 60.8 Å². The van der Waals surface area contributed by atoms with Crippen LogP contribution < -0.4 is 11.1 Å². The summed E-state index contributed by atoms with van der Waals surface area (Å²) in [6.45, 7) is 10.3. The summed E-state index contributed by atoms with van der Waals surface area (Å²) in [4.78, 5) is 37.5. The van der Waals surface area contributed by atoms with Crippen molar-refractivity contribution in [3.8, 4) is 0 Å². The van der Waals surface area contributed by atoms with Gasteiger partial charge in [-0.25, -0.2) is 4.79 Å². The van der Waals surface area contributed by atoms with Crippen LogP contribution in [0.15, 0.2) is 57.4 Å². The molecule has 9 heteroatoms. The molecule has 0 radical (unpaired) electrons. The predicted octanol–water partition coefficient (Wildman–Crippen LogP) is 4.41. The molecular weight excluding hydrogens is 446 g/mol. The molecule has 8 nitrogen and oxygen atoms in total. The van der Waals surface area contributed by atoms with Crippen molar-refractivity contribution in [3.05, 3.63) is 67.6 Å². The van der Waals surface area contributed by atoms with Crippen LogP contribution in [-0.4, -0.2) is 27.9 Å². The first-order valence-corrected chi connectivity index (χ1v) is 11.2. The third-order valence-corrected chi connectivity index (χ3v) is 5.58. The minimum atomic E-state index is -1.44. The quantitative estimate of drug-likeness (QED) is 0.253. The van der Waals surface area contributed by atoms with E-state index in [0.717, 1.165) is 0 Å². The molecule has 0 saturated heterocycles. The Morgan fingerprint density at radius 3 is 2.55 bits per heavy atom. The van der Waals surface area contributed by atoms with Gasteiger partial charge in [0.25, 0.3) is 5.91 Å². The number of rotatable bonds is 6. The number of halogens is 1. The van der Waals surface area contributed by atoms with Crippen LogP contribution in [0.25, 0.3) is 0 Å². The average Bonchev–Trinajstić information content (AvgIpc) is 2.67. The van der Waals surface area contributed by atoms with E-state index in [1.807, 2.05) is 6.92 Å². The third-order valence-electron chi connectivity index (χ3n) is 5.32. The van der Waals surface area contributed by atoms with Gasteiger partial charge in [-0.05, 0) is 57.8 Å². The Balaban J connectivity index is 2.62. The second kappa shape index (κ2) is 9.95. The van der Waals surface area contributed by atoms with Gasteiger partial charge in [0, 0.05) is 33.7 Å². The molecule has 2 aliphatic carbocycles. The topological polar surface area (TPSA) is 125 Å². The molecule has 3 N–H and O–H groups in total. The molecule has 0 aliphatic heterocycles. The molecule has 180 valence electrons. The fourth-order valence-electron chi connectivity index (χ4n) is 3.62. The zero-order chi connectivity index (χ0) is 25.1. The van der Waals surface area contributed by atoms with Crippen LogP contribution >= 0.6 is 11.6 Å². The van der Waals surface area contributed by atoms with E-state index in [1.165, 1.54) is 19.1 Å². The number of carbonyl (C=O) groups excluding carboxylic acids is 2. The second-order valence-electron chi connectivity index (χ2n) is 9.62. The van der Waals surface area contributed by atoms with E-state index in [-0.39, 0.29) is 35.7 Å². The SMILES string of the molecule is CC/C(C(=O)OC(C)(C)C)=C(\NC(=O)C1=CC(C)CC(Cl)=C1)C1=C(N)C=CC(C)([N+](=O)[O-])C1.